The Balaban J connectivity index is 2.07. The molecule has 1 aliphatic heterocycles. The van der Waals surface area contributed by atoms with Crippen LogP contribution in [-0.4, -0.2) is 18.8 Å². The van der Waals surface area contributed by atoms with Crippen LogP contribution in [0.4, 0.5) is 4.39 Å². The van der Waals surface area contributed by atoms with Gasteiger partial charge in [-0.25, -0.2) is 4.39 Å². The molecule has 1 fully saturated rings. The molecule has 1 saturated heterocycles. The minimum atomic E-state index is -0.281. The molecular formula is C13H17ClFNO. The van der Waals surface area contributed by atoms with Crippen LogP contribution in [0, 0.1) is 11.7 Å². The number of halogens is 2. The zero-order chi connectivity index (χ0) is 12.4. The van der Waals surface area contributed by atoms with E-state index >= 15 is 0 Å². The van der Waals surface area contributed by atoms with Gasteiger partial charge in [0.25, 0.3) is 0 Å². The topological polar surface area (TPSA) is 35.2 Å². The monoisotopic (exact) mass is 257 g/mol. The van der Waals surface area contributed by atoms with E-state index in [9.17, 15) is 4.39 Å². The molecule has 0 radical (unpaired) electrons. The smallest absolute Gasteiger partial charge is 0.123 e. The molecule has 1 aliphatic rings. The van der Waals surface area contributed by atoms with Gasteiger partial charge < -0.3 is 10.5 Å². The van der Waals surface area contributed by atoms with Crippen molar-refractivity contribution < 1.29 is 9.13 Å². The van der Waals surface area contributed by atoms with Gasteiger partial charge in [0.2, 0.25) is 0 Å². The molecule has 94 valence electrons. The van der Waals surface area contributed by atoms with Gasteiger partial charge in [0, 0.05) is 17.7 Å². The fourth-order valence-electron chi connectivity index (χ4n) is 2.33. The molecule has 1 aromatic rings. The fourth-order valence-corrected chi connectivity index (χ4v) is 2.53. The highest BCUT2D eigenvalue weighted by Gasteiger charge is 2.30. The Kier molecular flexibility index (Phi) is 4.02. The second-order valence-electron chi connectivity index (χ2n) is 4.71. The molecule has 3 atom stereocenters. The zero-order valence-electron chi connectivity index (χ0n) is 9.83. The third-order valence-corrected chi connectivity index (χ3v) is 3.70. The third-order valence-electron chi connectivity index (χ3n) is 3.33. The maximum atomic E-state index is 13.1. The molecule has 2 rings (SSSR count). The molecule has 0 aromatic heterocycles. The van der Waals surface area contributed by atoms with Gasteiger partial charge in [-0.3, -0.25) is 0 Å². The molecule has 0 bridgehead atoms. The lowest BCUT2D eigenvalue weighted by Gasteiger charge is -2.22. The van der Waals surface area contributed by atoms with Gasteiger partial charge in [-0.2, -0.15) is 0 Å². The number of hydrogen-bond donors (Lipinski definition) is 1. The number of ether oxygens (including phenoxy) is 1. The Labute approximate surface area is 106 Å². The van der Waals surface area contributed by atoms with Crippen molar-refractivity contribution in [2.75, 3.05) is 6.61 Å². The van der Waals surface area contributed by atoms with Crippen molar-refractivity contribution in [1.29, 1.82) is 0 Å². The number of hydrogen-bond acceptors (Lipinski definition) is 2. The van der Waals surface area contributed by atoms with Crippen LogP contribution in [0.1, 0.15) is 18.9 Å². The van der Waals surface area contributed by atoms with Crippen molar-refractivity contribution in [3.63, 3.8) is 0 Å². The Hall–Kier alpha value is -0.640. The molecule has 1 aromatic carbocycles. The molecule has 2 N–H and O–H groups in total. The summed E-state index contributed by atoms with van der Waals surface area (Å²) in [7, 11) is 0. The molecule has 4 heteroatoms. The standard InChI is InChI=1S/C13H17ClFNO/c1-8-4-5-17-13(8)12(16)7-9-6-10(15)2-3-11(9)14/h2-3,6,8,12-13H,4-5,7,16H2,1H3. The van der Waals surface area contributed by atoms with Crippen LogP contribution >= 0.6 is 11.6 Å². The summed E-state index contributed by atoms with van der Waals surface area (Å²) in [6.07, 6.45) is 1.63. The second kappa shape index (κ2) is 5.34. The number of nitrogens with two attached hydrogens (primary N) is 1. The van der Waals surface area contributed by atoms with E-state index in [1.807, 2.05) is 0 Å². The van der Waals surface area contributed by atoms with E-state index in [-0.39, 0.29) is 18.0 Å². The first kappa shape index (κ1) is 12.8. The van der Waals surface area contributed by atoms with E-state index < -0.39 is 0 Å². The summed E-state index contributed by atoms with van der Waals surface area (Å²) < 4.78 is 18.7. The average molecular weight is 258 g/mol. The summed E-state index contributed by atoms with van der Waals surface area (Å²) in [6.45, 7) is 2.89. The maximum absolute atomic E-state index is 13.1. The van der Waals surface area contributed by atoms with E-state index in [0.29, 0.717) is 17.4 Å². The predicted octanol–water partition coefficient (Wildman–Crippen LogP) is 2.77. The van der Waals surface area contributed by atoms with Crippen LogP contribution in [-0.2, 0) is 11.2 Å². The largest absolute Gasteiger partial charge is 0.376 e. The second-order valence-corrected chi connectivity index (χ2v) is 5.11. The van der Waals surface area contributed by atoms with E-state index in [1.165, 1.54) is 12.1 Å². The lowest BCUT2D eigenvalue weighted by molar-refractivity contribution is 0.0726. The fraction of sp³-hybridized carbons (Fsp3) is 0.538. The molecule has 3 unspecified atom stereocenters. The number of rotatable bonds is 3. The molecule has 0 spiro atoms. The summed E-state index contributed by atoms with van der Waals surface area (Å²) in [5.41, 5.74) is 6.87. The van der Waals surface area contributed by atoms with Crippen molar-refractivity contribution in [3.05, 3.63) is 34.6 Å². The van der Waals surface area contributed by atoms with Crippen molar-refractivity contribution in [2.24, 2.45) is 11.7 Å². The average Bonchev–Trinajstić information content (AvgIpc) is 2.70. The SMILES string of the molecule is CC1CCOC1C(N)Cc1cc(F)ccc1Cl. The van der Waals surface area contributed by atoms with Crippen molar-refractivity contribution in [1.82, 2.24) is 0 Å². The van der Waals surface area contributed by atoms with E-state index in [0.717, 1.165) is 18.6 Å². The highest BCUT2D eigenvalue weighted by atomic mass is 35.5. The van der Waals surface area contributed by atoms with Crippen LogP contribution < -0.4 is 5.73 Å². The lowest BCUT2D eigenvalue weighted by Crippen LogP contribution is -2.39. The van der Waals surface area contributed by atoms with Crippen LogP contribution in [0.25, 0.3) is 0 Å². The van der Waals surface area contributed by atoms with Crippen molar-refractivity contribution >= 4 is 11.6 Å². The quantitative estimate of drug-likeness (QED) is 0.904. The van der Waals surface area contributed by atoms with Gasteiger partial charge >= 0.3 is 0 Å². The molecular weight excluding hydrogens is 241 g/mol. The van der Waals surface area contributed by atoms with Crippen molar-refractivity contribution in [3.8, 4) is 0 Å². The summed E-state index contributed by atoms with van der Waals surface area (Å²) in [5, 5.41) is 0.563. The van der Waals surface area contributed by atoms with E-state index in [1.54, 1.807) is 6.07 Å². The Morgan fingerprint density at radius 1 is 1.59 bits per heavy atom. The van der Waals surface area contributed by atoms with Gasteiger partial charge in [-0.15, -0.1) is 0 Å². The first-order valence-electron chi connectivity index (χ1n) is 5.89. The Morgan fingerprint density at radius 2 is 2.35 bits per heavy atom. The van der Waals surface area contributed by atoms with Gasteiger partial charge in [-0.1, -0.05) is 18.5 Å². The normalized spacial score (nSPS) is 26.1. The predicted molar refractivity (Wildman–Crippen MR) is 66.6 cm³/mol. The maximum Gasteiger partial charge on any atom is 0.123 e. The minimum absolute atomic E-state index is 0.0503. The summed E-state index contributed by atoms with van der Waals surface area (Å²) >= 11 is 6.02. The van der Waals surface area contributed by atoms with Gasteiger partial charge in [0.05, 0.1) is 6.10 Å². The first-order valence-corrected chi connectivity index (χ1v) is 6.27. The summed E-state index contributed by atoms with van der Waals surface area (Å²) in [6, 6.07) is 4.23. The molecule has 0 aliphatic carbocycles. The van der Waals surface area contributed by atoms with Gasteiger partial charge in [0.1, 0.15) is 5.82 Å². The Bertz CT molecular complexity index is 399. The lowest BCUT2D eigenvalue weighted by atomic mass is 9.93. The number of benzene rings is 1. The van der Waals surface area contributed by atoms with Gasteiger partial charge in [-0.05, 0) is 42.5 Å². The van der Waals surface area contributed by atoms with Crippen LogP contribution in [0.3, 0.4) is 0 Å². The highest BCUT2D eigenvalue weighted by molar-refractivity contribution is 6.31. The highest BCUT2D eigenvalue weighted by Crippen LogP contribution is 2.25. The summed E-state index contributed by atoms with van der Waals surface area (Å²) in [5.74, 6) is 0.175. The van der Waals surface area contributed by atoms with Crippen LogP contribution in [0.15, 0.2) is 18.2 Å². The first-order chi connectivity index (χ1) is 8.08. The molecule has 17 heavy (non-hydrogen) atoms. The van der Waals surface area contributed by atoms with E-state index in [4.69, 9.17) is 22.1 Å². The van der Waals surface area contributed by atoms with Crippen LogP contribution in [0.5, 0.6) is 0 Å². The Morgan fingerprint density at radius 3 is 3.00 bits per heavy atom. The molecule has 2 nitrogen and oxygen atoms in total. The zero-order valence-corrected chi connectivity index (χ0v) is 10.6. The molecule has 0 amide bonds. The molecule has 0 saturated carbocycles. The third kappa shape index (κ3) is 2.97. The van der Waals surface area contributed by atoms with Gasteiger partial charge in [0.15, 0.2) is 0 Å². The summed E-state index contributed by atoms with van der Waals surface area (Å²) in [4.78, 5) is 0. The van der Waals surface area contributed by atoms with Crippen molar-refractivity contribution in [2.45, 2.75) is 31.9 Å². The minimum Gasteiger partial charge on any atom is -0.376 e. The van der Waals surface area contributed by atoms with E-state index in [2.05, 4.69) is 6.92 Å². The van der Waals surface area contributed by atoms with Crippen LogP contribution in [0.2, 0.25) is 5.02 Å². The molecule has 1 heterocycles.